The van der Waals surface area contributed by atoms with Crippen molar-refractivity contribution in [3.8, 4) is 0 Å². The third-order valence-corrected chi connectivity index (χ3v) is 5.66. The molecule has 2 heterocycles. The number of imide groups is 2. The molecule has 6 nitrogen and oxygen atoms in total. The topological polar surface area (TPSA) is 85.6 Å². The summed E-state index contributed by atoms with van der Waals surface area (Å²) in [6.07, 6.45) is 0. The Morgan fingerprint density at radius 3 is 1.97 bits per heavy atom. The van der Waals surface area contributed by atoms with Crippen molar-refractivity contribution in [1.29, 1.82) is 0 Å². The minimum atomic E-state index is -0.742. The van der Waals surface area contributed by atoms with Crippen LogP contribution in [0.4, 0.5) is 5.69 Å². The van der Waals surface area contributed by atoms with E-state index in [9.17, 15) is 19.2 Å². The number of fused-ring (bicyclic) bond motifs is 2. The molecule has 0 aromatic heterocycles. The van der Waals surface area contributed by atoms with Gasteiger partial charge < -0.3 is 0 Å². The summed E-state index contributed by atoms with van der Waals surface area (Å²) in [5.74, 6) is -2.47. The fourth-order valence-corrected chi connectivity index (χ4v) is 4.39. The molecular weight excluding hydrogens is 380 g/mol. The lowest BCUT2D eigenvalue weighted by Gasteiger charge is -2.29. The van der Waals surface area contributed by atoms with Crippen LogP contribution in [0.5, 0.6) is 0 Å². The molecule has 0 unspecified atom stereocenters. The Morgan fingerprint density at radius 2 is 1.27 bits per heavy atom. The first-order valence-corrected chi connectivity index (χ1v) is 9.33. The minimum Gasteiger partial charge on any atom is -0.268 e. The lowest BCUT2D eigenvalue weighted by molar-refractivity contribution is 0.0870. The Kier molecular flexibility index (Phi) is 3.11. The zero-order valence-corrected chi connectivity index (χ0v) is 15.4. The minimum absolute atomic E-state index is 0.00745. The first-order chi connectivity index (χ1) is 14.6. The van der Waals surface area contributed by atoms with Crippen LogP contribution >= 0.6 is 0 Å². The molecule has 6 heteroatoms. The van der Waals surface area contributed by atoms with Gasteiger partial charge in [-0.25, -0.2) is 4.90 Å². The van der Waals surface area contributed by atoms with Crippen molar-refractivity contribution in [1.82, 2.24) is 5.32 Å². The summed E-state index contributed by atoms with van der Waals surface area (Å²) in [5.41, 5.74) is 0.957. The number of amides is 4. The summed E-state index contributed by atoms with van der Waals surface area (Å²) in [7, 11) is 0. The molecule has 2 aliphatic heterocycles. The van der Waals surface area contributed by atoms with Crippen LogP contribution in [0.2, 0.25) is 0 Å². The number of benzene rings is 4. The quantitative estimate of drug-likeness (QED) is 0.463. The maximum atomic E-state index is 13.5. The van der Waals surface area contributed by atoms with E-state index in [2.05, 4.69) is 5.32 Å². The summed E-state index contributed by atoms with van der Waals surface area (Å²) in [6, 6.07) is 19.1. The van der Waals surface area contributed by atoms with Gasteiger partial charge in [-0.1, -0.05) is 48.5 Å². The Morgan fingerprint density at radius 1 is 0.633 bits per heavy atom. The SMILES string of the molecule is O=C1[N]C(=O)c2c1cc1ccccc1c2N1C(=O)c2cccc3cccc(c23)C1=O. The van der Waals surface area contributed by atoms with E-state index in [4.69, 9.17) is 0 Å². The number of carbonyl (C=O) groups excluding carboxylic acids is 4. The van der Waals surface area contributed by atoms with Crippen LogP contribution in [0.3, 0.4) is 0 Å². The predicted octanol–water partition coefficient (Wildman–Crippen LogP) is 3.69. The van der Waals surface area contributed by atoms with Crippen molar-refractivity contribution in [3.63, 3.8) is 0 Å². The van der Waals surface area contributed by atoms with Gasteiger partial charge >= 0.3 is 0 Å². The van der Waals surface area contributed by atoms with E-state index in [1.807, 2.05) is 12.1 Å². The van der Waals surface area contributed by atoms with Gasteiger partial charge in [0, 0.05) is 21.9 Å². The van der Waals surface area contributed by atoms with Gasteiger partial charge in [0.15, 0.2) is 0 Å². The molecular formula is C24H11N2O4. The van der Waals surface area contributed by atoms with Crippen molar-refractivity contribution in [3.05, 3.63) is 89.0 Å². The van der Waals surface area contributed by atoms with Gasteiger partial charge in [0.2, 0.25) is 0 Å². The maximum Gasteiger partial charge on any atom is 0.283 e. The van der Waals surface area contributed by atoms with E-state index in [1.165, 1.54) is 0 Å². The van der Waals surface area contributed by atoms with Crippen molar-refractivity contribution in [2.75, 3.05) is 4.90 Å². The van der Waals surface area contributed by atoms with Crippen LogP contribution in [0, 0.1) is 0 Å². The van der Waals surface area contributed by atoms with E-state index in [1.54, 1.807) is 54.6 Å². The predicted molar refractivity (Wildman–Crippen MR) is 110 cm³/mol. The number of rotatable bonds is 1. The molecule has 2 aliphatic rings. The Labute approximate surface area is 169 Å². The number of nitrogens with zero attached hydrogens (tertiary/aromatic N) is 2. The number of hydrogen-bond donors (Lipinski definition) is 0. The van der Waals surface area contributed by atoms with Crippen molar-refractivity contribution in [2.24, 2.45) is 0 Å². The molecule has 4 amide bonds. The Balaban J connectivity index is 1.73. The van der Waals surface area contributed by atoms with Gasteiger partial charge in [-0.05, 0) is 29.0 Å². The van der Waals surface area contributed by atoms with Crippen LogP contribution in [-0.2, 0) is 0 Å². The Hall–Kier alpha value is -4.32. The second-order valence-electron chi connectivity index (χ2n) is 7.25. The molecule has 0 saturated carbocycles. The van der Waals surface area contributed by atoms with Crippen LogP contribution in [-0.4, -0.2) is 23.6 Å². The number of anilines is 1. The standard InChI is InChI=1S/C24H11N2O4/c27-21-17-11-13-5-1-2-8-14(13)20(19(17)22(28)25-21)26-23(29)15-9-3-6-12-7-4-10-16(18(12)15)24(26)30/h1-11H. The molecule has 0 atom stereocenters. The van der Waals surface area contributed by atoms with E-state index in [-0.39, 0.29) is 16.8 Å². The summed E-state index contributed by atoms with van der Waals surface area (Å²) in [4.78, 5) is 53.0. The van der Waals surface area contributed by atoms with E-state index < -0.39 is 23.6 Å². The molecule has 0 bridgehead atoms. The van der Waals surface area contributed by atoms with Gasteiger partial charge in [-0.3, -0.25) is 19.2 Å². The third kappa shape index (κ3) is 1.97. The van der Waals surface area contributed by atoms with Crippen LogP contribution in [0.15, 0.2) is 66.7 Å². The lowest BCUT2D eigenvalue weighted by Crippen LogP contribution is -2.41. The average Bonchev–Trinajstić information content (AvgIpc) is 3.04. The summed E-state index contributed by atoms with van der Waals surface area (Å²) < 4.78 is 0. The normalized spacial score (nSPS) is 15.1. The van der Waals surface area contributed by atoms with E-state index >= 15 is 0 Å². The van der Waals surface area contributed by atoms with E-state index in [0.29, 0.717) is 27.3 Å². The van der Waals surface area contributed by atoms with Gasteiger partial charge in [0.05, 0.1) is 16.8 Å². The zero-order valence-electron chi connectivity index (χ0n) is 15.4. The highest BCUT2D eigenvalue weighted by atomic mass is 16.2. The van der Waals surface area contributed by atoms with Crippen molar-refractivity contribution in [2.45, 2.75) is 0 Å². The number of carbonyl (C=O) groups is 4. The smallest absolute Gasteiger partial charge is 0.268 e. The maximum absolute atomic E-state index is 13.5. The average molecular weight is 391 g/mol. The third-order valence-electron chi connectivity index (χ3n) is 5.66. The fourth-order valence-electron chi connectivity index (χ4n) is 4.39. The molecule has 0 fully saturated rings. The highest BCUT2D eigenvalue weighted by Crippen LogP contribution is 2.40. The summed E-state index contributed by atoms with van der Waals surface area (Å²) in [5, 5.41) is 6.09. The molecule has 6 rings (SSSR count). The summed E-state index contributed by atoms with van der Waals surface area (Å²) >= 11 is 0. The van der Waals surface area contributed by atoms with Crippen LogP contribution < -0.4 is 10.2 Å². The lowest BCUT2D eigenvalue weighted by atomic mass is 9.91. The monoisotopic (exact) mass is 391 g/mol. The number of hydrogen-bond acceptors (Lipinski definition) is 4. The molecule has 0 saturated heterocycles. The highest BCUT2D eigenvalue weighted by molar-refractivity contribution is 6.39. The Bertz CT molecular complexity index is 1450. The highest BCUT2D eigenvalue weighted by Gasteiger charge is 2.41. The molecule has 1 radical (unpaired) electrons. The van der Waals surface area contributed by atoms with Gasteiger partial charge in [0.25, 0.3) is 23.6 Å². The first kappa shape index (κ1) is 16.6. The second kappa shape index (κ2) is 5.61. The molecule has 4 aromatic rings. The molecule has 4 aromatic carbocycles. The molecule has 141 valence electrons. The molecule has 0 aliphatic carbocycles. The van der Waals surface area contributed by atoms with Crippen LogP contribution in [0.25, 0.3) is 21.5 Å². The second-order valence-corrected chi connectivity index (χ2v) is 7.25. The molecule has 30 heavy (non-hydrogen) atoms. The van der Waals surface area contributed by atoms with Crippen molar-refractivity contribution < 1.29 is 19.2 Å². The first-order valence-electron chi connectivity index (χ1n) is 9.33. The largest absolute Gasteiger partial charge is 0.283 e. The van der Waals surface area contributed by atoms with Gasteiger partial charge in [0.1, 0.15) is 0 Å². The van der Waals surface area contributed by atoms with Crippen LogP contribution in [0.1, 0.15) is 41.4 Å². The van der Waals surface area contributed by atoms with E-state index in [0.717, 1.165) is 10.3 Å². The fraction of sp³-hybridized carbons (Fsp3) is 0. The zero-order chi connectivity index (χ0) is 20.6. The van der Waals surface area contributed by atoms with Crippen molar-refractivity contribution >= 4 is 50.9 Å². The molecule has 0 N–H and O–H groups in total. The van der Waals surface area contributed by atoms with Gasteiger partial charge in [-0.15, -0.1) is 0 Å². The van der Waals surface area contributed by atoms with Gasteiger partial charge in [-0.2, -0.15) is 5.32 Å². The molecule has 0 spiro atoms. The summed E-state index contributed by atoms with van der Waals surface area (Å²) in [6.45, 7) is 0.